The summed E-state index contributed by atoms with van der Waals surface area (Å²) in [5.41, 5.74) is -0.832. The van der Waals surface area contributed by atoms with Crippen LogP contribution in [-0.2, 0) is 4.79 Å². The Morgan fingerprint density at radius 2 is 2.00 bits per heavy atom. The molecule has 2 N–H and O–H groups in total. The number of rotatable bonds is 8. The van der Waals surface area contributed by atoms with Crippen LogP contribution >= 0.6 is 0 Å². The Hall–Kier alpha value is -1.16. The molecule has 6 heteroatoms. The van der Waals surface area contributed by atoms with Crippen molar-refractivity contribution in [2.75, 3.05) is 39.8 Å². The minimum atomic E-state index is -0.832. The monoisotopic (exact) mass is 338 g/mol. The van der Waals surface area contributed by atoms with Gasteiger partial charge in [-0.25, -0.2) is 0 Å². The summed E-state index contributed by atoms with van der Waals surface area (Å²) in [6.07, 6.45) is 2.20. The van der Waals surface area contributed by atoms with E-state index in [0.29, 0.717) is 5.92 Å². The molecule has 0 spiro atoms. The molecule has 1 aliphatic rings. The normalized spacial score (nSPS) is 20.6. The number of nitrogens with zero attached hydrogens (tertiary/aromatic N) is 3. The number of aliphatic hydroxyl groups is 1. The van der Waals surface area contributed by atoms with Crippen molar-refractivity contribution >= 4 is 5.91 Å². The van der Waals surface area contributed by atoms with Gasteiger partial charge in [-0.1, -0.05) is 13.8 Å². The summed E-state index contributed by atoms with van der Waals surface area (Å²) < 4.78 is 0. The molecule has 1 fully saturated rings. The second-order valence-corrected chi connectivity index (χ2v) is 7.58. The first kappa shape index (κ1) is 20.9. The second kappa shape index (κ2) is 9.36. The van der Waals surface area contributed by atoms with Crippen LogP contribution in [0.25, 0.3) is 0 Å². The second-order valence-electron chi connectivity index (χ2n) is 7.58. The Bertz CT molecular complexity index is 441. The molecule has 0 aromatic carbocycles. The van der Waals surface area contributed by atoms with Gasteiger partial charge in [0.2, 0.25) is 5.91 Å². The molecular weight excluding hydrogens is 304 g/mol. The largest absolute Gasteiger partial charge is 0.395 e. The van der Waals surface area contributed by atoms with Gasteiger partial charge < -0.3 is 15.3 Å². The number of likely N-dealkylation sites (tertiary alicyclic amines) is 1. The third kappa shape index (κ3) is 5.73. The SMILES string of the molecule is CC(C)[C@@](C)(C#N)NC(=O)[C@@H](C)N(C)CC1CCN(CCO)CC1. The average Bonchev–Trinajstić information content (AvgIpc) is 2.55. The number of piperidine rings is 1. The number of likely N-dealkylation sites (N-methyl/N-ethyl adjacent to an activating group) is 1. The van der Waals surface area contributed by atoms with E-state index < -0.39 is 5.54 Å². The Morgan fingerprint density at radius 1 is 1.42 bits per heavy atom. The van der Waals surface area contributed by atoms with Crippen LogP contribution in [0, 0.1) is 23.2 Å². The number of nitrogens with one attached hydrogen (secondary N) is 1. The minimum absolute atomic E-state index is 0.0554. The van der Waals surface area contributed by atoms with Crippen molar-refractivity contribution in [3.8, 4) is 6.07 Å². The van der Waals surface area contributed by atoms with Crippen LogP contribution < -0.4 is 5.32 Å². The lowest BCUT2D eigenvalue weighted by atomic mass is 9.89. The number of amides is 1. The molecule has 0 radical (unpaired) electrons. The number of aliphatic hydroxyl groups excluding tert-OH is 1. The summed E-state index contributed by atoms with van der Waals surface area (Å²) in [6, 6.07) is 1.97. The number of carbonyl (C=O) groups is 1. The van der Waals surface area contributed by atoms with E-state index >= 15 is 0 Å². The highest BCUT2D eigenvalue weighted by Gasteiger charge is 2.33. The van der Waals surface area contributed by atoms with Crippen LogP contribution in [0.2, 0.25) is 0 Å². The molecule has 0 saturated carbocycles. The average molecular weight is 338 g/mol. The van der Waals surface area contributed by atoms with E-state index in [-0.39, 0.29) is 24.5 Å². The van der Waals surface area contributed by atoms with Crippen molar-refractivity contribution in [1.82, 2.24) is 15.1 Å². The van der Waals surface area contributed by atoms with E-state index in [0.717, 1.165) is 39.0 Å². The van der Waals surface area contributed by atoms with E-state index in [9.17, 15) is 10.1 Å². The molecule has 0 aromatic rings. The van der Waals surface area contributed by atoms with Crippen molar-refractivity contribution in [3.63, 3.8) is 0 Å². The van der Waals surface area contributed by atoms with Gasteiger partial charge in [-0.3, -0.25) is 9.69 Å². The molecule has 0 aliphatic carbocycles. The van der Waals surface area contributed by atoms with Crippen LogP contribution in [0.5, 0.6) is 0 Å². The Kier molecular flexibility index (Phi) is 8.14. The van der Waals surface area contributed by atoms with Gasteiger partial charge in [0.1, 0.15) is 5.54 Å². The maximum Gasteiger partial charge on any atom is 0.238 e. The third-order valence-electron chi connectivity index (χ3n) is 5.48. The van der Waals surface area contributed by atoms with E-state index in [1.54, 1.807) is 6.92 Å². The molecule has 2 atom stereocenters. The highest BCUT2D eigenvalue weighted by atomic mass is 16.3. The number of hydrogen-bond donors (Lipinski definition) is 2. The molecule has 1 amide bonds. The smallest absolute Gasteiger partial charge is 0.238 e. The first-order chi connectivity index (χ1) is 11.2. The van der Waals surface area contributed by atoms with E-state index in [2.05, 4.69) is 21.2 Å². The quantitative estimate of drug-likeness (QED) is 0.692. The van der Waals surface area contributed by atoms with E-state index in [1.165, 1.54) is 0 Å². The van der Waals surface area contributed by atoms with Gasteiger partial charge in [0.05, 0.1) is 18.7 Å². The number of hydrogen-bond acceptors (Lipinski definition) is 5. The number of carbonyl (C=O) groups excluding carboxylic acids is 1. The molecule has 6 nitrogen and oxygen atoms in total. The molecule has 0 unspecified atom stereocenters. The van der Waals surface area contributed by atoms with Crippen molar-refractivity contribution < 1.29 is 9.90 Å². The number of nitriles is 1. The van der Waals surface area contributed by atoms with Crippen molar-refractivity contribution in [2.45, 2.75) is 52.1 Å². The van der Waals surface area contributed by atoms with Crippen molar-refractivity contribution in [2.24, 2.45) is 11.8 Å². The van der Waals surface area contributed by atoms with Crippen LogP contribution in [0.3, 0.4) is 0 Å². The van der Waals surface area contributed by atoms with Crippen LogP contribution in [0.4, 0.5) is 0 Å². The maximum absolute atomic E-state index is 12.5. The summed E-state index contributed by atoms with van der Waals surface area (Å²) >= 11 is 0. The predicted octanol–water partition coefficient (Wildman–Crippen LogP) is 1.07. The summed E-state index contributed by atoms with van der Waals surface area (Å²) in [5.74, 6) is 0.542. The summed E-state index contributed by atoms with van der Waals surface area (Å²) in [7, 11) is 1.98. The van der Waals surface area contributed by atoms with Crippen LogP contribution in [-0.4, -0.2) is 72.2 Å². The predicted molar refractivity (Wildman–Crippen MR) is 95.3 cm³/mol. The highest BCUT2D eigenvalue weighted by molar-refractivity contribution is 5.82. The fraction of sp³-hybridized carbons (Fsp3) is 0.889. The minimum Gasteiger partial charge on any atom is -0.395 e. The molecule has 1 heterocycles. The lowest BCUT2D eigenvalue weighted by molar-refractivity contribution is -0.127. The van der Waals surface area contributed by atoms with Gasteiger partial charge in [-0.2, -0.15) is 5.26 Å². The molecular formula is C18H34N4O2. The first-order valence-corrected chi connectivity index (χ1v) is 9.00. The molecule has 0 aromatic heterocycles. The standard InChI is InChI=1S/C18H34N4O2/c1-14(2)18(4,13-19)20-17(24)15(3)21(5)12-16-6-8-22(9-7-16)10-11-23/h14-16,23H,6-12H2,1-5H3,(H,20,24)/t15-,18-/m1/s1. The zero-order valence-corrected chi connectivity index (χ0v) is 15.9. The molecule has 1 aliphatic heterocycles. The topological polar surface area (TPSA) is 79.6 Å². The molecule has 1 rings (SSSR count). The lowest BCUT2D eigenvalue weighted by Crippen LogP contribution is -2.55. The zero-order chi connectivity index (χ0) is 18.3. The fourth-order valence-corrected chi connectivity index (χ4v) is 2.96. The maximum atomic E-state index is 12.5. The van der Waals surface area contributed by atoms with Gasteiger partial charge in [0, 0.05) is 13.1 Å². The zero-order valence-electron chi connectivity index (χ0n) is 15.9. The summed E-state index contributed by atoms with van der Waals surface area (Å²) in [5, 5.41) is 21.3. The Morgan fingerprint density at radius 3 is 2.46 bits per heavy atom. The molecule has 1 saturated heterocycles. The Labute approximate surface area is 146 Å². The van der Waals surface area contributed by atoms with Crippen molar-refractivity contribution in [1.29, 1.82) is 5.26 Å². The fourth-order valence-electron chi connectivity index (χ4n) is 2.96. The first-order valence-electron chi connectivity index (χ1n) is 9.00. The van der Waals surface area contributed by atoms with E-state index in [4.69, 9.17) is 5.11 Å². The van der Waals surface area contributed by atoms with E-state index in [1.807, 2.05) is 27.8 Å². The van der Waals surface area contributed by atoms with Gasteiger partial charge in [-0.05, 0) is 58.7 Å². The molecule has 138 valence electrons. The third-order valence-corrected chi connectivity index (χ3v) is 5.48. The van der Waals surface area contributed by atoms with Crippen LogP contribution in [0.1, 0.15) is 40.5 Å². The van der Waals surface area contributed by atoms with Crippen molar-refractivity contribution in [3.05, 3.63) is 0 Å². The van der Waals surface area contributed by atoms with Gasteiger partial charge in [-0.15, -0.1) is 0 Å². The van der Waals surface area contributed by atoms with Gasteiger partial charge >= 0.3 is 0 Å². The lowest BCUT2D eigenvalue weighted by Gasteiger charge is -2.36. The van der Waals surface area contributed by atoms with Crippen LogP contribution in [0.15, 0.2) is 0 Å². The van der Waals surface area contributed by atoms with Gasteiger partial charge in [0.15, 0.2) is 0 Å². The molecule has 24 heavy (non-hydrogen) atoms. The molecule has 0 bridgehead atoms. The Balaban J connectivity index is 2.49. The summed E-state index contributed by atoms with van der Waals surface area (Å²) in [6.45, 7) is 11.4. The summed E-state index contributed by atoms with van der Waals surface area (Å²) in [4.78, 5) is 16.9. The highest BCUT2D eigenvalue weighted by Crippen LogP contribution is 2.19. The number of β-amino-alcohol motifs (C(OH)–C–C–N with tert-alkyl or cyclic N) is 1. The van der Waals surface area contributed by atoms with Gasteiger partial charge in [0.25, 0.3) is 0 Å².